The van der Waals surface area contributed by atoms with E-state index in [4.69, 9.17) is 4.74 Å². The summed E-state index contributed by atoms with van der Waals surface area (Å²) in [5, 5.41) is 10.5. The Balaban J connectivity index is 2.27. The van der Waals surface area contributed by atoms with Gasteiger partial charge >= 0.3 is 0 Å². The largest absolute Gasteiger partial charge is 0.385 e. The lowest BCUT2D eigenvalue weighted by molar-refractivity contribution is -0.131. The van der Waals surface area contributed by atoms with Gasteiger partial charge in [0, 0.05) is 18.7 Å². The van der Waals surface area contributed by atoms with E-state index in [1.165, 1.54) is 6.07 Å². The van der Waals surface area contributed by atoms with Gasteiger partial charge < -0.3 is 9.84 Å². The van der Waals surface area contributed by atoms with Crippen LogP contribution in [-0.2, 0) is 4.74 Å². The van der Waals surface area contributed by atoms with Crippen LogP contribution in [0.3, 0.4) is 0 Å². The predicted molar refractivity (Wildman–Crippen MR) is 68.7 cm³/mol. The second-order valence-electron chi connectivity index (χ2n) is 5.52. The Labute approximate surface area is 112 Å². The smallest absolute Gasteiger partial charge is 0.132 e. The fraction of sp³-hybridized carbons (Fsp3) is 0.600. The summed E-state index contributed by atoms with van der Waals surface area (Å²) >= 11 is 0. The number of aliphatic hydroxyl groups is 1. The van der Waals surface area contributed by atoms with Crippen LogP contribution in [0.15, 0.2) is 18.2 Å². The molecule has 0 aromatic heterocycles. The van der Waals surface area contributed by atoms with Gasteiger partial charge in [-0.3, -0.25) is 0 Å². The molecule has 2 rings (SSSR count). The van der Waals surface area contributed by atoms with E-state index in [0.717, 1.165) is 25.0 Å². The lowest BCUT2D eigenvalue weighted by atomic mass is 9.74. The van der Waals surface area contributed by atoms with E-state index in [1.807, 2.05) is 0 Å². The molecule has 1 saturated carbocycles. The van der Waals surface area contributed by atoms with Crippen LogP contribution in [0, 0.1) is 17.6 Å². The highest BCUT2D eigenvalue weighted by Gasteiger charge is 2.42. The molecule has 1 atom stereocenters. The maximum Gasteiger partial charge on any atom is 0.132 e. The molecule has 1 N–H and O–H groups in total. The van der Waals surface area contributed by atoms with Crippen LogP contribution >= 0.6 is 0 Å². The van der Waals surface area contributed by atoms with Gasteiger partial charge in [-0.05, 0) is 37.7 Å². The van der Waals surface area contributed by atoms with Crippen molar-refractivity contribution in [2.45, 2.75) is 44.3 Å². The van der Waals surface area contributed by atoms with Crippen molar-refractivity contribution in [3.63, 3.8) is 0 Å². The number of benzene rings is 1. The van der Waals surface area contributed by atoms with Crippen LogP contribution in [-0.4, -0.2) is 17.8 Å². The molecule has 19 heavy (non-hydrogen) atoms. The third-order valence-corrected chi connectivity index (χ3v) is 4.28. The van der Waals surface area contributed by atoms with E-state index in [1.54, 1.807) is 7.11 Å². The van der Waals surface area contributed by atoms with Crippen molar-refractivity contribution in [1.82, 2.24) is 0 Å². The average Bonchev–Trinajstić information content (AvgIpc) is 2.39. The predicted octanol–water partition coefficient (Wildman–Crippen LogP) is 3.59. The molecule has 106 valence electrons. The molecule has 0 radical (unpaired) electrons. The fourth-order valence-electron chi connectivity index (χ4n) is 2.85. The number of aliphatic hydroxyl groups excluding tert-OH is 1. The van der Waals surface area contributed by atoms with Crippen LogP contribution in [0.2, 0.25) is 0 Å². The first-order valence-corrected chi connectivity index (χ1v) is 6.66. The zero-order valence-electron chi connectivity index (χ0n) is 11.3. The van der Waals surface area contributed by atoms with E-state index >= 15 is 0 Å². The SMILES string of the molecule is COC1(C(O)c2ccc(F)cc2F)CCC(C)CC1. The number of hydrogen-bond acceptors (Lipinski definition) is 2. The van der Waals surface area contributed by atoms with E-state index in [-0.39, 0.29) is 5.56 Å². The summed E-state index contributed by atoms with van der Waals surface area (Å²) in [6.45, 7) is 2.16. The van der Waals surface area contributed by atoms with Crippen molar-refractivity contribution < 1.29 is 18.6 Å². The van der Waals surface area contributed by atoms with Crippen molar-refractivity contribution >= 4 is 0 Å². The topological polar surface area (TPSA) is 29.5 Å². The maximum atomic E-state index is 13.8. The molecular formula is C15H20F2O2. The molecular weight excluding hydrogens is 250 g/mol. The second-order valence-corrected chi connectivity index (χ2v) is 5.52. The van der Waals surface area contributed by atoms with Gasteiger partial charge in [-0.25, -0.2) is 8.78 Å². The molecule has 0 saturated heterocycles. The van der Waals surface area contributed by atoms with Crippen LogP contribution < -0.4 is 0 Å². The van der Waals surface area contributed by atoms with Gasteiger partial charge in [0.25, 0.3) is 0 Å². The second kappa shape index (κ2) is 5.55. The Morgan fingerprint density at radius 1 is 1.32 bits per heavy atom. The van der Waals surface area contributed by atoms with Gasteiger partial charge in [0.2, 0.25) is 0 Å². The van der Waals surface area contributed by atoms with Crippen LogP contribution in [0.1, 0.15) is 44.3 Å². The molecule has 0 amide bonds. The highest BCUT2D eigenvalue weighted by Crippen LogP contribution is 2.43. The molecule has 1 aromatic rings. The number of methoxy groups -OCH3 is 1. The standard InChI is InChI=1S/C15H20F2O2/c1-10-5-7-15(19-2,8-6-10)14(18)12-4-3-11(16)9-13(12)17/h3-4,9-10,14,18H,5-8H2,1-2H3. The molecule has 0 heterocycles. The third kappa shape index (κ3) is 2.79. The molecule has 4 heteroatoms. The maximum absolute atomic E-state index is 13.8. The van der Waals surface area contributed by atoms with E-state index in [9.17, 15) is 13.9 Å². The molecule has 1 aliphatic rings. The summed E-state index contributed by atoms with van der Waals surface area (Å²) in [6, 6.07) is 3.26. The Hall–Kier alpha value is -1.00. The quantitative estimate of drug-likeness (QED) is 0.909. The number of hydrogen-bond donors (Lipinski definition) is 1. The Morgan fingerprint density at radius 3 is 2.47 bits per heavy atom. The summed E-state index contributed by atoms with van der Waals surface area (Å²) in [5.74, 6) is -0.770. The zero-order chi connectivity index (χ0) is 14.0. The lowest BCUT2D eigenvalue weighted by Gasteiger charge is -2.41. The van der Waals surface area contributed by atoms with Gasteiger partial charge in [-0.2, -0.15) is 0 Å². The summed E-state index contributed by atoms with van der Waals surface area (Å²) in [4.78, 5) is 0. The average molecular weight is 270 g/mol. The third-order valence-electron chi connectivity index (χ3n) is 4.28. The molecule has 1 unspecified atom stereocenters. The number of halogens is 2. The van der Waals surface area contributed by atoms with Crippen LogP contribution in [0.4, 0.5) is 8.78 Å². The first-order valence-electron chi connectivity index (χ1n) is 6.66. The molecule has 0 spiro atoms. The first-order chi connectivity index (χ1) is 8.98. The summed E-state index contributed by atoms with van der Waals surface area (Å²) < 4.78 is 32.2. The zero-order valence-corrected chi connectivity index (χ0v) is 11.3. The van der Waals surface area contributed by atoms with E-state index in [2.05, 4.69) is 6.92 Å². The van der Waals surface area contributed by atoms with E-state index < -0.39 is 23.3 Å². The molecule has 1 fully saturated rings. The molecule has 1 aromatic carbocycles. The van der Waals surface area contributed by atoms with Crippen LogP contribution in [0.25, 0.3) is 0 Å². The highest BCUT2D eigenvalue weighted by molar-refractivity contribution is 5.24. The Morgan fingerprint density at radius 2 is 1.95 bits per heavy atom. The molecule has 0 aliphatic heterocycles. The molecule has 1 aliphatic carbocycles. The first kappa shape index (κ1) is 14.4. The highest BCUT2D eigenvalue weighted by atomic mass is 19.1. The summed E-state index contributed by atoms with van der Waals surface area (Å²) in [7, 11) is 1.54. The van der Waals surface area contributed by atoms with Gasteiger partial charge in [0.05, 0.1) is 5.60 Å². The lowest BCUT2D eigenvalue weighted by Crippen LogP contribution is -2.42. The fourth-order valence-corrected chi connectivity index (χ4v) is 2.85. The van der Waals surface area contributed by atoms with Gasteiger partial charge in [-0.1, -0.05) is 13.0 Å². The monoisotopic (exact) mass is 270 g/mol. The van der Waals surface area contributed by atoms with Crippen molar-refractivity contribution in [3.8, 4) is 0 Å². The summed E-state index contributed by atoms with van der Waals surface area (Å²) in [5.41, 5.74) is -0.650. The van der Waals surface area contributed by atoms with Gasteiger partial charge in [0.15, 0.2) is 0 Å². The van der Waals surface area contributed by atoms with Crippen molar-refractivity contribution in [3.05, 3.63) is 35.4 Å². The number of rotatable bonds is 3. The normalized spacial score (nSPS) is 29.2. The minimum Gasteiger partial charge on any atom is -0.385 e. The van der Waals surface area contributed by atoms with Crippen molar-refractivity contribution in [2.75, 3.05) is 7.11 Å². The van der Waals surface area contributed by atoms with Crippen molar-refractivity contribution in [1.29, 1.82) is 0 Å². The van der Waals surface area contributed by atoms with Crippen LogP contribution in [0.5, 0.6) is 0 Å². The molecule has 2 nitrogen and oxygen atoms in total. The van der Waals surface area contributed by atoms with Gasteiger partial charge in [-0.15, -0.1) is 0 Å². The Bertz CT molecular complexity index is 440. The molecule has 0 bridgehead atoms. The minimum absolute atomic E-state index is 0.109. The Kier molecular flexibility index (Phi) is 4.21. The summed E-state index contributed by atoms with van der Waals surface area (Å²) in [6.07, 6.45) is 2.18. The van der Waals surface area contributed by atoms with Crippen molar-refractivity contribution in [2.24, 2.45) is 5.92 Å². The van der Waals surface area contributed by atoms with Gasteiger partial charge in [0.1, 0.15) is 17.7 Å². The number of ether oxygens (including phenoxy) is 1. The van der Waals surface area contributed by atoms with E-state index in [0.29, 0.717) is 18.8 Å². The minimum atomic E-state index is -1.06.